The molecule has 0 amide bonds. The molecule has 1 aliphatic rings. The van der Waals surface area contributed by atoms with Crippen LogP contribution in [0.3, 0.4) is 0 Å². The number of Topliss-reactive ketones (excluding diaryl/α,β-unsaturated/α-hetero) is 1. The number of ketones is 1. The lowest BCUT2D eigenvalue weighted by atomic mass is 9.73. The molecule has 0 radical (unpaired) electrons. The Morgan fingerprint density at radius 1 is 1.14 bits per heavy atom. The molecule has 0 aromatic rings. The lowest BCUT2D eigenvalue weighted by Gasteiger charge is -2.31. The number of aliphatic hydroxyl groups excluding tert-OH is 1. The Kier molecular flexibility index (Phi) is 7.13. The lowest BCUT2D eigenvalue weighted by molar-refractivity contribution is -0.117. The average Bonchev–Trinajstić information content (AvgIpc) is 2.36. The molecule has 0 aliphatic heterocycles. The van der Waals surface area contributed by atoms with E-state index in [2.05, 4.69) is 25.8 Å². The molecule has 3 nitrogen and oxygen atoms in total. The molecule has 0 bridgehead atoms. The van der Waals surface area contributed by atoms with Gasteiger partial charge in [-0.15, -0.1) is 0 Å². The van der Waals surface area contributed by atoms with Crippen molar-refractivity contribution in [3.8, 4) is 0 Å². The second kappa shape index (κ2) is 8.35. The van der Waals surface area contributed by atoms with Crippen molar-refractivity contribution in [3.05, 3.63) is 11.3 Å². The number of rotatable bonds is 7. The van der Waals surface area contributed by atoms with Gasteiger partial charge in [-0.3, -0.25) is 9.79 Å². The van der Waals surface area contributed by atoms with E-state index in [0.29, 0.717) is 18.4 Å². The molecule has 0 heterocycles. The molecular formula is C18H31NO2. The van der Waals surface area contributed by atoms with Gasteiger partial charge in [-0.1, -0.05) is 47.0 Å². The van der Waals surface area contributed by atoms with Crippen LogP contribution in [0.4, 0.5) is 0 Å². The predicted molar refractivity (Wildman–Crippen MR) is 89.0 cm³/mol. The summed E-state index contributed by atoms with van der Waals surface area (Å²) in [6.07, 6.45) is 7.40. The van der Waals surface area contributed by atoms with Crippen LogP contribution in [-0.4, -0.2) is 23.1 Å². The fourth-order valence-corrected chi connectivity index (χ4v) is 2.86. The number of hydrogen-bond donors (Lipinski definition) is 1. The van der Waals surface area contributed by atoms with Gasteiger partial charge in [0.05, 0.1) is 5.57 Å². The summed E-state index contributed by atoms with van der Waals surface area (Å²) in [5.74, 6) is 0.301. The van der Waals surface area contributed by atoms with E-state index in [1.54, 1.807) is 0 Å². The zero-order chi connectivity index (χ0) is 15.9. The maximum Gasteiger partial charge on any atom is 0.168 e. The van der Waals surface area contributed by atoms with Gasteiger partial charge in [0.2, 0.25) is 0 Å². The maximum absolute atomic E-state index is 12.4. The minimum atomic E-state index is -0.0463. The molecule has 0 aromatic carbocycles. The van der Waals surface area contributed by atoms with Crippen LogP contribution in [0.5, 0.6) is 0 Å². The summed E-state index contributed by atoms with van der Waals surface area (Å²) < 4.78 is 0. The van der Waals surface area contributed by atoms with E-state index in [-0.39, 0.29) is 17.0 Å². The molecule has 21 heavy (non-hydrogen) atoms. The first-order valence-electron chi connectivity index (χ1n) is 8.40. The van der Waals surface area contributed by atoms with E-state index in [1.807, 2.05) is 6.92 Å². The maximum atomic E-state index is 12.4. The summed E-state index contributed by atoms with van der Waals surface area (Å²) in [5, 5.41) is 10.2. The van der Waals surface area contributed by atoms with Gasteiger partial charge in [0.25, 0.3) is 0 Å². The predicted octanol–water partition coefficient (Wildman–Crippen LogP) is 5.01. The molecule has 1 saturated carbocycles. The highest BCUT2D eigenvalue weighted by Gasteiger charge is 2.35. The number of aliphatic imine (C=N–C) groups is 1. The van der Waals surface area contributed by atoms with Crippen LogP contribution in [0.1, 0.15) is 79.1 Å². The van der Waals surface area contributed by atoms with Crippen LogP contribution in [0.15, 0.2) is 16.3 Å². The molecule has 1 fully saturated rings. The standard InChI is InChI=1S/C18H31NO2/c1-5-7-8-9-11-19-14-12-18(3,4)13-16(21)17(14)15(20)10-6-2/h20H,5-13H2,1-4H3/b17-15-,19-14?. The average molecular weight is 293 g/mol. The highest BCUT2D eigenvalue weighted by molar-refractivity contribution is 6.24. The molecule has 1 aliphatic carbocycles. The Bertz CT molecular complexity index is 419. The van der Waals surface area contributed by atoms with Crippen molar-refractivity contribution in [3.63, 3.8) is 0 Å². The number of hydrogen-bond acceptors (Lipinski definition) is 3. The van der Waals surface area contributed by atoms with Crippen molar-refractivity contribution < 1.29 is 9.90 Å². The Balaban J connectivity index is 2.88. The third-order valence-corrected chi connectivity index (χ3v) is 3.94. The van der Waals surface area contributed by atoms with Crippen molar-refractivity contribution in [1.29, 1.82) is 0 Å². The van der Waals surface area contributed by atoms with Crippen LogP contribution in [-0.2, 0) is 4.79 Å². The van der Waals surface area contributed by atoms with Crippen LogP contribution in [0.25, 0.3) is 0 Å². The zero-order valence-corrected chi connectivity index (χ0v) is 14.2. The topological polar surface area (TPSA) is 49.7 Å². The van der Waals surface area contributed by atoms with Crippen molar-refractivity contribution >= 4 is 11.5 Å². The number of nitrogens with zero attached hydrogens (tertiary/aromatic N) is 1. The van der Waals surface area contributed by atoms with E-state index < -0.39 is 0 Å². The van der Waals surface area contributed by atoms with Crippen molar-refractivity contribution in [1.82, 2.24) is 0 Å². The molecule has 3 heteroatoms. The molecule has 0 unspecified atom stereocenters. The Hall–Kier alpha value is -1.12. The van der Waals surface area contributed by atoms with Crippen LogP contribution in [0.2, 0.25) is 0 Å². The van der Waals surface area contributed by atoms with Gasteiger partial charge >= 0.3 is 0 Å². The fraction of sp³-hybridized carbons (Fsp3) is 0.778. The molecular weight excluding hydrogens is 262 g/mol. The highest BCUT2D eigenvalue weighted by atomic mass is 16.3. The summed E-state index contributed by atoms with van der Waals surface area (Å²) in [6.45, 7) is 9.17. The first-order valence-corrected chi connectivity index (χ1v) is 8.40. The summed E-state index contributed by atoms with van der Waals surface area (Å²) in [5.41, 5.74) is 1.31. The summed E-state index contributed by atoms with van der Waals surface area (Å²) in [6, 6.07) is 0. The van der Waals surface area contributed by atoms with Crippen molar-refractivity contribution in [2.75, 3.05) is 6.54 Å². The van der Waals surface area contributed by atoms with E-state index in [4.69, 9.17) is 0 Å². The second-order valence-electron chi connectivity index (χ2n) is 6.90. The molecule has 1 N–H and O–H groups in total. The Morgan fingerprint density at radius 3 is 2.48 bits per heavy atom. The largest absolute Gasteiger partial charge is 0.511 e. The normalized spacial score (nSPS) is 22.7. The minimum absolute atomic E-state index is 0.0463. The summed E-state index contributed by atoms with van der Waals surface area (Å²) in [7, 11) is 0. The monoisotopic (exact) mass is 293 g/mol. The van der Waals surface area contributed by atoms with Gasteiger partial charge in [-0.25, -0.2) is 0 Å². The quantitative estimate of drug-likeness (QED) is 0.407. The van der Waals surface area contributed by atoms with Crippen LogP contribution in [0, 0.1) is 5.41 Å². The lowest BCUT2D eigenvalue weighted by Crippen LogP contribution is -2.32. The van der Waals surface area contributed by atoms with E-state index in [1.165, 1.54) is 19.3 Å². The number of carbonyl (C=O) groups excluding carboxylic acids is 1. The third kappa shape index (κ3) is 5.64. The fourth-order valence-electron chi connectivity index (χ4n) is 2.86. The number of allylic oxidation sites excluding steroid dienone is 2. The van der Waals surface area contributed by atoms with Crippen molar-refractivity contribution in [2.24, 2.45) is 10.4 Å². The van der Waals surface area contributed by atoms with Gasteiger partial charge in [0.1, 0.15) is 5.76 Å². The van der Waals surface area contributed by atoms with E-state index in [9.17, 15) is 9.90 Å². The zero-order valence-electron chi connectivity index (χ0n) is 14.2. The first kappa shape index (κ1) is 17.9. The highest BCUT2D eigenvalue weighted by Crippen LogP contribution is 2.35. The Labute approximate surface area is 129 Å². The van der Waals surface area contributed by atoms with Crippen LogP contribution < -0.4 is 0 Å². The summed E-state index contributed by atoms with van der Waals surface area (Å²) in [4.78, 5) is 17.0. The number of aliphatic hydroxyl groups is 1. The number of unbranched alkanes of at least 4 members (excludes halogenated alkanes) is 3. The van der Waals surface area contributed by atoms with Crippen molar-refractivity contribution in [2.45, 2.75) is 79.1 Å². The second-order valence-corrected chi connectivity index (χ2v) is 6.90. The molecule has 0 atom stereocenters. The molecule has 0 spiro atoms. The van der Waals surface area contributed by atoms with Gasteiger partial charge in [0, 0.05) is 25.1 Å². The third-order valence-electron chi connectivity index (χ3n) is 3.94. The van der Waals surface area contributed by atoms with Gasteiger partial charge in [-0.2, -0.15) is 0 Å². The SMILES string of the molecule is CCCCCCN=C1CC(C)(C)CC(=O)/C1=C(\O)CCC. The van der Waals surface area contributed by atoms with Gasteiger partial charge in [-0.05, 0) is 24.7 Å². The Morgan fingerprint density at radius 2 is 1.86 bits per heavy atom. The molecule has 0 aromatic heterocycles. The molecule has 1 rings (SSSR count). The smallest absolute Gasteiger partial charge is 0.168 e. The van der Waals surface area contributed by atoms with E-state index >= 15 is 0 Å². The van der Waals surface area contributed by atoms with Gasteiger partial charge in [0.15, 0.2) is 5.78 Å². The minimum Gasteiger partial charge on any atom is -0.511 e. The molecule has 120 valence electrons. The molecule has 0 saturated heterocycles. The first-order chi connectivity index (χ1) is 9.91. The van der Waals surface area contributed by atoms with Crippen LogP contribution >= 0.6 is 0 Å². The number of carbonyl (C=O) groups is 1. The summed E-state index contributed by atoms with van der Waals surface area (Å²) >= 11 is 0. The van der Waals surface area contributed by atoms with E-state index in [0.717, 1.165) is 31.5 Å². The van der Waals surface area contributed by atoms with Gasteiger partial charge < -0.3 is 5.11 Å².